The summed E-state index contributed by atoms with van der Waals surface area (Å²) in [6, 6.07) is 10.1. The number of nitrogens with zero attached hydrogens (tertiary/aromatic N) is 2. The van der Waals surface area contributed by atoms with E-state index in [9.17, 15) is 9.18 Å². The van der Waals surface area contributed by atoms with E-state index < -0.39 is 5.82 Å². The van der Waals surface area contributed by atoms with Crippen LogP contribution in [0, 0.1) is 5.82 Å². The highest BCUT2D eigenvalue weighted by Gasteiger charge is 2.29. The number of benzene rings is 1. The molecule has 0 spiro atoms. The number of ether oxygens (including phenoxy) is 2. The molecule has 0 atom stereocenters. The summed E-state index contributed by atoms with van der Waals surface area (Å²) in [6.45, 7) is 2.48. The Labute approximate surface area is 156 Å². The number of rotatable bonds is 7. The molecule has 1 aromatic heterocycles. The first-order valence-corrected chi connectivity index (χ1v) is 8.76. The second kappa shape index (κ2) is 8.47. The fourth-order valence-electron chi connectivity index (χ4n) is 2.82. The van der Waals surface area contributed by atoms with Gasteiger partial charge in [-0.15, -0.1) is 0 Å². The first-order valence-electron chi connectivity index (χ1n) is 8.38. The van der Waals surface area contributed by atoms with Crippen LogP contribution in [-0.4, -0.2) is 42.6 Å². The molecule has 1 saturated heterocycles. The van der Waals surface area contributed by atoms with Crippen LogP contribution in [0.3, 0.4) is 0 Å². The number of hydrogen-bond donors (Lipinski definition) is 0. The van der Waals surface area contributed by atoms with Crippen LogP contribution in [0.4, 0.5) is 4.39 Å². The topological polar surface area (TPSA) is 51.7 Å². The van der Waals surface area contributed by atoms with Crippen LogP contribution >= 0.6 is 11.6 Å². The maximum atomic E-state index is 13.8. The third kappa shape index (κ3) is 4.71. The molecule has 1 aliphatic heterocycles. The van der Waals surface area contributed by atoms with Crippen LogP contribution < -0.4 is 4.74 Å². The molecule has 26 heavy (non-hydrogen) atoms. The molecule has 2 aromatic rings. The quantitative estimate of drug-likeness (QED) is 0.691. The molecule has 1 aliphatic rings. The highest BCUT2D eigenvalue weighted by atomic mass is 35.5. The van der Waals surface area contributed by atoms with Gasteiger partial charge in [0.05, 0.1) is 19.2 Å². The van der Waals surface area contributed by atoms with Crippen LogP contribution in [0.1, 0.15) is 23.6 Å². The maximum absolute atomic E-state index is 13.8. The van der Waals surface area contributed by atoms with Gasteiger partial charge in [-0.05, 0) is 18.2 Å². The van der Waals surface area contributed by atoms with Crippen molar-refractivity contribution >= 4 is 17.6 Å². The van der Waals surface area contributed by atoms with Crippen LogP contribution in [0.15, 0.2) is 36.4 Å². The molecule has 2 heterocycles. The lowest BCUT2D eigenvalue weighted by Crippen LogP contribution is -2.46. The summed E-state index contributed by atoms with van der Waals surface area (Å²) >= 11 is 5.75. The number of carbonyl (C=O) groups excluding carboxylic acids is 1. The molecular weight excluding hydrogens is 359 g/mol. The normalized spacial score (nSPS) is 14.7. The smallest absolute Gasteiger partial charge is 0.306 e. The Bertz CT molecular complexity index is 781. The molecule has 1 aromatic carbocycles. The second-order valence-corrected chi connectivity index (χ2v) is 6.64. The largest absolute Gasteiger partial charge is 0.473 e. The van der Waals surface area contributed by atoms with Crippen LogP contribution in [0.25, 0.3) is 0 Å². The van der Waals surface area contributed by atoms with Gasteiger partial charge in [0.2, 0.25) is 5.88 Å². The van der Waals surface area contributed by atoms with E-state index in [1.165, 1.54) is 13.2 Å². The van der Waals surface area contributed by atoms with E-state index in [0.717, 1.165) is 18.8 Å². The van der Waals surface area contributed by atoms with Crippen molar-refractivity contribution in [2.45, 2.75) is 18.9 Å². The second-order valence-electron chi connectivity index (χ2n) is 6.21. The Balaban J connectivity index is 1.52. The Morgan fingerprint density at radius 3 is 2.88 bits per heavy atom. The Morgan fingerprint density at radius 1 is 1.35 bits per heavy atom. The van der Waals surface area contributed by atoms with E-state index >= 15 is 0 Å². The minimum Gasteiger partial charge on any atom is -0.473 e. The Morgan fingerprint density at radius 2 is 2.15 bits per heavy atom. The summed E-state index contributed by atoms with van der Waals surface area (Å²) in [7, 11) is 1.40. The zero-order chi connectivity index (χ0) is 18.5. The van der Waals surface area contributed by atoms with E-state index in [0.29, 0.717) is 35.3 Å². The van der Waals surface area contributed by atoms with Crippen molar-refractivity contribution in [3.05, 3.63) is 58.5 Å². The van der Waals surface area contributed by atoms with Gasteiger partial charge in [-0.1, -0.05) is 23.7 Å². The molecule has 3 rings (SSSR count). The fraction of sp³-hybridized carbons (Fsp3) is 0.368. The molecule has 138 valence electrons. The number of aromatic nitrogens is 1. The van der Waals surface area contributed by atoms with Gasteiger partial charge in [0.1, 0.15) is 12.4 Å². The molecule has 0 N–H and O–H groups in total. The number of pyridine rings is 1. The van der Waals surface area contributed by atoms with E-state index in [4.69, 9.17) is 16.3 Å². The molecule has 0 radical (unpaired) electrons. The minimum absolute atomic E-state index is 0.0926. The average Bonchev–Trinajstić information content (AvgIpc) is 2.59. The van der Waals surface area contributed by atoms with E-state index in [1.54, 1.807) is 18.2 Å². The summed E-state index contributed by atoms with van der Waals surface area (Å²) in [5.74, 6) is 0.179. The summed E-state index contributed by atoms with van der Waals surface area (Å²) < 4.78 is 24.1. The predicted molar refractivity (Wildman–Crippen MR) is 95.8 cm³/mol. The Hall–Kier alpha value is -2.18. The Kier molecular flexibility index (Phi) is 6.06. The zero-order valence-corrected chi connectivity index (χ0v) is 15.2. The summed E-state index contributed by atoms with van der Waals surface area (Å²) in [5.41, 5.74) is 1.37. The first kappa shape index (κ1) is 18.6. The first-order chi connectivity index (χ1) is 12.5. The number of methoxy groups -OCH3 is 1. The van der Waals surface area contributed by atoms with Gasteiger partial charge in [0.25, 0.3) is 0 Å². The van der Waals surface area contributed by atoms with Gasteiger partial charge in [-0.2, -0.15) is 0 Å². The lowest BCUT2D eigenvalue weighted by molar-refractivity contribution is -0.141. The molecule has 0 unspecified atom stereocenters. The van der Waals surface area contributed by atoms with Gasteiger partial charge in [0, 0.05) is 42.2 Å². The van der Waals surface area contributed by atoms with Gasteiger partial charge in [0.15, 0.2) is 0 Å². The number of hydrogen-bond acceptors (Lipinski definition) is 5. The highest BCUT2D eigenvalue weighted by molar-refractivity contribution is 6.30. The third-order valence-electron chi connectivity index (χ3n) is 4.37. The molecule has 5 nitrogen and oxygen atoms in total. The van der Waals surface area contributed by atoms with Crippen molar-refractivity contribution in [1.82, 2.24) is 9.88 Å². The predicted octanol–water partition coefficient (Wildman–Crippen LogP) is 3.42. The van der Waals surface area contributed by atoms with Crippen LogP contribution in [0.2, 0.25) is 5.02 Å². The molecule has 1 fully saturated rings. The summed E-state index contributed by atoms with van der Waals surface area (Å²) in [6.07, 6.45) is 0.395. The molecule has 0 saturated carbocycles. The molecule has 7 heteroatoms. The van der Waals surface area contributed by atoms with Gasteiger partial charge in [-0.25, -0.2) is 9.37 Å². The molecular formula is C19H20ClFN2O3. The van der Waals surface area contributed by atoms with Crippen molar-refractivity contribution in [2.75, 3.05) is 26.7 Å². The molecule has 0 aliphatic carbocycles. The maximum Gasteiger partial charge on any atom is 0.306 e. The van der Waals surface area contributed by atoms with Crippen LogP contribution in [-0.2, 0) is 16.1 Å². The number of halogens is 2. The van der Waals surface area contributed by atoms with Gasteiger partial charge >= 0.3 is 5.97 Å². The monoisotopic (exact) mass is 378 g/mol. The lowest BCUT2D eigenvalue weighted by Gasteiger charge is -2.38. The highest BCUT2D eigenvalue weighted by Crippen LogP contribution is 2.27. The summed E-state index contributed by atoms with van der Waals surface area (Å²) in [4.78, 5) is 17.9. The van der Waals surface area contributed by atoms with Crippen molar-refractivity contribution in [3.63, 3.8) is 0 Å². The SMILES string of the molecule is COC(=O)CCN1CC(c2cccc(OCc3ccc(Cl)cc3F)n2)C1. The zero-order valence-electron chi connectivity index (χ0n) is 14.5. The molecule has 0 bridgehead atoms. The number of esters is 1. The number of likely N-dealkylation sites (tertiary alicyclic amines) is 1. The fourth-order valence-corrected chi connectivity index (χ4v) is 2.98. The number of carbonyl (C=O) groups is 1. The van der Waals surface area contributed by atoms with E-state index in [2.05, 4.69) is 14.6 Å². The van der Waals surface area contributed by atoms with Crippen molar-refractivity contribution in [1.29, 1.82) is 0 Å². The lowest BCUT2D eigenvalue weighted by atomic mass is 9.95. The van der Waals surface area contributed by atoms with Crippen molar-refractivity contribution < 1.29 is 18.7 Å². The van der Waals surface area contributed by atoms with E-state index in [1.807, 2.05) is 12.1 Å². The summed E-state index contributed by atoms with van der Waals surface area (Å²) in [5, 5.41) is 0.355. The van der Waals surface area contributed by atoms with Gasteiger partial charge in [-0.3, -0.25) is 4.79 Å². The van der Waals surface area contributed by atoms with Crippen molar-refractivity contribution in [2.24, 2.45) is 0 Å². The van der Waals surface area contributed by atoms with Crippen LogP contribution in [0.5, 0.6) is 5.88 Å². The van der Waals surface area contributed by atoms with Crippen molar-refractivity contribution in [3.8, 4) is 5.88 Å². The van der Waals surface area contributed by atoms with Gasteiger partial charge < -0.3 is 14.4 Å². The van der Waals surface area contributed by atoms with E-state index in [-0.39, 0.29) is 12.6 Å². The average molecular weight is 379 g/mol. The standard InChI is InChI=1S/C19H20ClFN2O3/c1-25-19(24)7-8-23-10-14(11-23)17-3-2-4-18(22-17)26-12-13-5-6-15(20)9-16(13)21/h2-6,9,14H,7-8,10-12H2,1H3. The molecule has 0 amide bonds. The third-order valence-corrected chi connectivity index (χ3v) is 4.61. The minimum atomic E-state index is -0.395.